The first-order valence-corrected chi connectivity index (χ1v) is 24.8. The Bertz CT molecular complexity index is 1810. The lowest BCUT2D eigenvalue weighted by Gasteiger charge is -3.16. The van der Waals surface area contributed by atoms with Crippen LogP contribution in [0.4, 0.5) is 0 Å². The lowest BCUT2D eigenvalue weighted by molar-refractivity contribution is -0.707. The van der Waals surface area contributed by atoms with Crippen molar-refractivity contribution in [3.05, 3.63) is 11.1 Å². The van der Waals surface area contributed by atoms with Crippen LogP contribution in [0.3, 0.4) is 0 Å². The standard InChI is InChI=1S/C52H80S/c1-17-19-31-23-32(31)33-36(25(5)20-22-53)50-39(33)27(7)26(6)37-29(9)40-34-38-28(8)35(24(3)4)45(13)43(38,11)41(34)51(40)47(15)44(45,12)30(10)49(50,21-18-2)46(14)42(50)52(37,51)48(46,47)16/h24-30,33-42,53H,17-23H2,1-16H3. The molecule has 0 bridgehead atoms. The molecule has 0 aliphatic heterocycles. The molecule has 12 rings (SSSR count). The van der Waals surface area contributed by atoms with Gasteiger partial charge in [0.05, 0.1) is 0 Å². The molecule has 0 saturated heterocycles. The Balaban J connectivity index is 1.24. The smallest absolute Gasteiger partial charge is 0.00914 e. The minimum absolute atomic E-state index is 0.336. The Morgan fingerprint density at radius 1 is 0.698 bits per heavy atom. The third-order valence-electron chi connectivity index (χ3n) is 27.5. The van der Waals surface area contributed by atoms with Gasteiger partial charge < -0.3 is 0 Å². The molecule has 53 heavy (non-hydrogen) atoms. The molecule has 0 aromatic rings. The second-order valence-electron chi connectivity index (χ2n) is 25.6. The summed E-state index contributed by atoms with van der Waals surface area (Å²) in [4.78, 5) is 0. The second kappa shape index (κ2) is 8.83. The van der Waals surface area contributed by atoms with Gasteiger partial charge in [0.2, 0.25) is 0 Å². The molecule has 0 amide bonds. The van der Waals surface area contributed by atoms with Crippen molar-refractivity contribution < 1.29 is 0 Å². The van der Waals surface area contributed by atoms with Crippen molar-refractivity contribution in [2.24, 2.45) is 155 Å². The zero-order chi connectivity index (χ0) is 37.9. The van der Waals surface area contributed by atoms with Gasteiger partial charge in [0.25, 0.3) is 0 Å². The van der Waals surface area contributed by atoms with Crippen LogP contribution >= 0.6 is 12.6 Å². The van der Waals surface area contributed by atoms with Crippen LogP contribution in [-0.2, 0) is 0 Å². The van der Waals surface area contributed by atoms with E-state index in [9.17, 15) is 0 Å². The number of rotatable bonds is 9. The number of thiol groups is 1. The van der Waals surface area contributed by atoms with Crippen LogP contribution < -0.4 is 0 Å². The lowest BCUT2D eigenvalue weighted by atomic mass is 8.87. The van der Waals surface area contributed by atoms with E-state index in [1.54, 1.807) is 0 Å². The molecule has 12 aliphatic rings. The Labute approximate surface area is 332 Å². The largest absolute Gasteiger partial charge is 0.179 e. The summed E-state index contributed by atoms with van der Waals surface area (Å²) in [7, 11) is 0. The van der Waals surface area contributed by atoms with E-state index < -0.39 is 0 Å². The van der Waals surface area contributed by atoms with E-state index in [2.05, 4.69) is 111 Å². The summed E-state index contributed by atoms with van der Waals surface area (Å²) in [6, 6.07) is 0. The fourth-order valence-electron chi connectivity index (χ4n) is 28.6. The fraction of sp³-hybridized carbons (Fsp3) is 0.962. The monoisotopic (exact) mass is 737 g/mol. The summed E-state index contributed by atoms with van der Waals surface area (Å²) in [5, 5.41) is 0. The van der Waals surface area contributed by atoms with E-state index in [4.69, 9.17) is 12.6 Å². The summed E-state index contributed by atoms with van der Waals surface area (Å²) in [5.74, 6) is 16.1. The van der Waals surface area contributed by atoms with E-state index in [0.717, 1.165) is 106 Å². The lowest BCUT2D eigenvalue weighted by Crippen LogP contribution is -3.14. The van der Waals surface area contributed by atoms with E-state index in [1.807, 2.05) is 11.1 Å². The maximum atomic E-state index is 5.07. The van der Waals surface area contributed by atoms with Crippen molar-refractivity contribution in [2.45, 2.75) is 149 Å². The van der Waals surface area contributed by atoms with Gasteiger partial charge >= 0.3 is 0 Å². The molecule has 0 nitrogen and oxygen atoms in total. The Hall–Kier alpha value is 0.0900. The van der Waals surface area contributed by atoms with Crippen molar-refractivity contribution in [3.8, 4) is 0 Å². The van der Waals surface area contributed by atoms with Crippen LogP contribution in [0, 0.1) is 155 Å². The average Bonchev–Trinajstić information content (AvgIpc) is 3.77. The molecule has 11 fully saturated rings. The average molecular weight is 737 g/mol. The van der Waals surface area contributed by atoms with Crippen molar-refractivity contribution in [1.82, 2.24) is 0 Å². The van der Waals surface area contributed by atoms with Gasteiger partial charge in [0.1, 0.15) is 0 Å². The number of fused-ring (bicyclic) bond motifs is 3. The van der Waals surface area contributed by atoms with Crippen LogP contribution in [0.25, 0.3) is 0 Å². The van der Waals surface area contributed by atoms with E-state index in [-0.39, 0.29) is 0 Å². The van der Waals surface area contributed by atoms with E-state index >= 15 is 0 Å². The minimum atomic E-state index is 0.336. The van der Waals surface area contributed by atoms with Gasteiger partial charge in [0, 0.05) is 0 Å². The highest BCUT2D eigenvalue weighted by Gasteiger charge is 3.20. The first-order valence-electron chi connectivity index (χ1n) is 24.1. The molecule has 294 valence electrons. The van der Waals surface area contributed by atoms with Crippen molar-refractivity contribution >= 4 is 12.6 Å². The molecule has 26 atom stereocenters. The molecule has 1 heteroatoms. The third kappa shape index (κ3) is 2.19. The Kier molecular flexibility index (Phi) is 5.84. The highest BCUT2D eigenvalue weighted by molar-refractivity contribution is 7.80. The predicted molar refractivity (Wildman–Crippen MR) is 223 cm³/mol. The normalized spacial score (nSPS) is 72.5. The van der Waals surface area contributed by atoms with Crippen molar-refractivity contribution in [2.75, 3.05) is 5.75 Å². The summed E-state index contributed by atoms with van der Waals surface area (Å²) in [6.07, 6.45) is 8.30. The minimum Gasteiger partial charge on any atom is -0.179 e. The molecule has 26 unspecified atom stereocenters. The van der Waals surface area contributed by atoms with Gasteiger partial charge in [-0.15, -0.1) is 0 Å². The number of hydrogen-bond donors (Lipinski definition) is 1. The molecule has 0 aromatic carbocycles. The molecular formula is C52H80S. The Morgan fingerprint density at radius 2 is 1.34 bits per heavy atom. The molecule has 0 heterocycles. The fourth-order valence-corrected chi connectivity index (χ4v) is 29.0. The first kappa shape index (κ1) is 35.1. The molecule has 12 aliphatic carbocycles. The summed E-state index contributed by atoms with van der Waals surface area (Å²) in [6.45, 7) is 46.2. The van der Waals surface area contributed by atoms with Crippen LogP contribution in [0.15, 0.2) is 11.1 Å². The van der Waals surface area contributed by atoms with Gasteiger partial charge in [-0.05, 0) is 186 Å². The Morgan fingerprint density at radius 3 is 1.94 bits per heavy atom. The van der Waals surface area contributed by atoms with E-state index in [0.29, 0.717) is 54.1 Å². The SMILES string of the molecule is CCCC1=C(C2C(C(C)CCS)C34C2C(C)C(C)C2C(C)C5C6C7C(C)C(C(C)C)C8(C)C7(C)C6C56C25C3C2(C)C4(CCC)C(C)C8(C)C6(C)C25C)C1. The highest BCUT2D eigenvalue weighted by Crippen LogP contribution is 3.23. The van der Waals surface area contributed by atoms with Gasteiger partial charge in [0.15, 0.2) is 0 Å². The zero-order valence-corrected chi connectivity index (χ0v) is 38.1. The van der Waals surface area contributed by atoms with Crippen LogP contribution in [0.2, 0.25) is 0 Å². The van der Waals surface area contributed by atoms with Crippen LogP contribution in [0.5, 0.6) is 0 Å². The maximum absolute atomic E-state index is 5.07. The highest BCUT2D eigenvalue weighted by atomic mass is 32.1. The van der Waals surface area contributed by atoms with Gasteiger partial charge in [-0.3, -0.25) is 0 Å². The third-order valence-corrected chi connectivity index (χ3v) is 27.8. The molecule has 11 saturated carbocycles. The van der Waals surface area contributed by atoms with E-state index in [1.165, 1.54) is 38.5 Å². The summed E-state index contributed by atoms with van der Waals surface area (Å²) < 4.78 is 0. The zero-order valence-electron chi connectivity index (χ0n) is 37.2. The quantitative estimate of drug-likeness (QED) is 0.177. The van der Waals surface area contributed by atoms with Gasteiger partial charge in [-0.2, -0.15) is 12.6 Å². The van der Waals surface area contributed by atoms with Gasteiger partial charge in [-0.25, -0.2) is 0 Å². The molecule has 0 aromatic heterocycles. The van der Waals surface area contributed by atoms with Crippen molar-refractivity contribution in [3.63, 3.8) is 0 Å². The second-order valence-corrected chi connectivity index (χ2v) is 26.1. The molecule has 3 spiro atoms. The predicted octanol–water partition coefficient (Wildman–Crippen LogP) is 13.4. The van der Waals surface area contributed by atoms with Crippen LogP contribution in [0.1, 0.15) is 149 Å². The number of allylic oxidation sites excluding steroid dienone is 2. The molecular weight excluding hydrogens is 657 g/mol. The van der Waals surface area contributed by atoms with Crippen molar-refractivity contribution in [1.29, 1.82) is 0 Å². The molecule has 0 radical (unpaired) electrons. The topological polar surface area (TPSA) is 0 Å². The first-order chi connectivity index (χ1) is 24.8. The summed E-state index contributed by atoms with van der Waals surface area (Å²) >= 11 is 5.07. The maximum Gasteiger partial charge on any atom is -0.00914 e. The molecule has 0 N–H and O–H groups in total. The van der Waals surface area contributed by atoms with Gasteiger partial charge in [-0.1, -0.05) is 135 Å². The number of hydrogen-bond acceptors (Lipinski definition) is 1. The summed E-state index contributed by atoms with van der Waals surface area (Å²) in [5.41, 5.74) is 8.53. The van der Waals surface area contributed by atoms with Crippen LogP contribution in [-0.4, -0.2) is 5.75 Å².